The monoisotopic (exact) mass is 319 g/mol. The van der Waals surface area contributed by atoms with E-state index >= 15 is 0 Å². The van der Waals surface area contributed by atoms with Crippen LogP contribution in [0.5, 0.6) is 0 Å². The quantitative estimate of drug-likeness (QED) is 0.491. The largest absolute Gasteiger partial charge is 0.465 e. The summed E-state index contributed by atoms with van der Waals surface area (Å²) in [5, 5.41) is 8.82. The summed E-state index contributed by atoms with van der Waals surface area (Å²) < 4.78 is 5.32. The maximum Gasteiger partial charge on any atom is 0.339 e. The standard InChI is InChI=1S/C9H6INO2S/c1-13-9(12)5-2-3-7(10)6(4-11)8(5)14/h2-3,14H,1H3. The molecule has 72 valence electrons. The van der Waals surface area contributed by atoms with Gasteiger partial charge < -0.3 is 4.74 Å². The highest BCUT2D eigenvalue weighted by molar-refractivity contribution is 14.1. The molecule has 0 fully saturated rings. The Morgan fingerprint density at radius 3 is 2.79 bits per heavy atom. The summed E-state index contributed by atoms with van der Waals surface area (Å²) in [6, 6.07) is 5.27. The Balaban J connectivity index is 3.37. The van der Waals surface area contributed by atoms with Gasteiger partial charge in [0.05, 0.1) is 18.2 Å². The van der Waals surface area contributed by atoms with E-state index in [2.05, 4.69) is 17.4 Å². The minimum atomic E-state index is -0.483. The molecule has 0 saturated carbocycles. The fraction of sp³-hybridized carbons (Fsp3) is 0.111. The molecule has 0 bridgehead atoms. The number of nitriles is 1. The summed E-state index contributed by atoms with van der Waals surface area (Å²) in [7, 11) is 1.29. The number of rotatable bonds is 1. The van der Waals surface area contributed by atoms with Crippen LogP contribution in [0, 0.1) is 14.9 Å². The number of thiol groups is 1. The van der Waals surface area contributed by atoms with Gasteiger partial charge >= 0.3 is 5.97 Å². The van der Waals surface area contributed by atoms with Crippen molar-refractivity contribution in [1.82, 2.24) is 0 Å². The van der Waals surface area contributed by atoms with Crippen LogP contribution in [0.2, 0.25) is 0 Å². The van der Waals surface area contributed by atoms with Crippen LogP contribution in [0.4, 0.5) is 0 Å². The molecule has 0 saturated heterocycles. The molecule has 14 heavy (non-hydrogen) atoms. The molecule has 0 radical (unpaired) electrons. The Morgan fingerprint density at radius 1 is 1.64 bits per heavy atom. The lowest BCUT2D eigenvalue weighted by molar-refractivity contribution is 0.0597. The highest BCUT2D eigenvalue weighted by atomic mass is 127. The van der Waals surface area contributed by atoms with E-state index < -0.39 is 5.97 Å². The number of carbonyl (C=O) groups excluding carboxylic acids is 1. The normalized spacial score (nSPS) is 9.29. The van der Waals surface area contributed by atoms with Crippen LogP contribution in [-0.2, 0) is 4.74 Å². The van der Waals surface area contributed by atoms with Gasteiger partial charge in [-0.25, -0.2) is 4.79 Å². The van der Waals surface area contributed by atoms with Gasteiger partial charge in [-0.2, -0.15) is 5.26 Å². The van der Waals surface area contributed by atoms with Crippen molar-refractivity contribution >= 4 is 41.2 Å². The third-order valence-corrected chi connectivity index (χ3v) is 3.01. The lowest BCUT2D eigenvalue weighted by Crippen LogP contribution is -2.04. The number of esters is 1. The van der Waals surface area contributed by atoms with Crippen molar-refractivity contribution in [2.45, 2.75) is 4.90 Å². The van der Waals surface area contributed by atoms with E-state index in [4.69, 9.17) is 5.26 Å². The lowest BCUT2D eigenvalue weighted by atomic mass is 10.1. The van der Waals surface area contributed by atoms with Crippen molar-refractivity contribution in [1.29, 1.82) is 5.26 Å². The van der Waals surface area contributed by atoms with Gasteiger partial charge in [0.1, 0.15) is 6.07 Å². The Labute approximate surface area is 101 Å². The second-order valence-electron chi connectivity index (χ2n) is 2.42. The van der Waals surface area contributed by atoms with E-state index in [0.717, 1.165) is 3.57 Å². The maximum absolute atomic E-state index is 11.2. The van der Waals surface area contributed by atoms with Gasteiger partial charge in [-0.05, 0) is 34.7 Å². The number of benzene rings is 1. The molecular formula is C9H6INO2S. The van der Waals surface area contributed by atoms with Crippen molar-refractivity contribution in [2.24, 2.45) is 0 Å². The Hall–Kier alpha value is -0.740. The number of halogens is 1. The SMILES string of the molecule is COC(=O)c1ccc(I)c(C#N)c1S. The summed E-state index contributed by atoms with van der Waals surface area (Å²) in [5.41, 5.74) is 0.713. The molecule has 0 aliphatic carbocycles. The first-order chi connectivity index (χ1) is 6.61. The van der Waals surface area contributed by atoms with Gasteiger partial charge in [0.2, 0.25) is 0 Å². The first-order valence-corrected chi connectivity index (χ1v) is 5.14. The van der Waals surface area contributed by atoms with Crippen molar-refractivity contribution in [2.75, 3.05) is 7.11 Å². The molecule has 1 aromatic carbocycles. The number of hydrogen-bond acceptors (Lipinski definition) is 4. The molecule has 0 aliphatic rings. The van der Waals surface area contributed by atoms with Crippen molar-refractivity contribution < 1.29 is 9.53 Å². The van der Waals surface area contributed by atoms with Gasteiger partial charge in [-0.1, -0.05) is 0 Å². The molecule has 0 spiro atoms. The Bertz CT molecular complexity index is 426. The van der Waals surface area contributed by atoms with Crippen LogP contribution in [-0.4, -0.2) is 13.1 Å². The molecule has 0 unspecified atom stereocenters. The molecule has 1 aromatic rings. The van der Waals surface area contributed by atoms with Gasteiger partial charge in [-0.3, -0.25) is 0 Å². The molecule has 0 N–H and O–H groups in total. The average Bonchev–Trinajstić information content (AvgIpc) is 2.18. The van der Waals surface area contributed by atoms with E-state index in [9.17, 15) is 4.79 Å². The minimum absolute atomic E-state index is 0.313. The smallest absolute Gasteiger partial charge is 0.339 e. The summed E-state index contributed by atoms with van der Waals surface area (Å²) in [5.74, 6) is -0.483. The van der Waals surface area contributed by atoms with Gasteiger partial charge in [-0.15, -0.1) is 12.6 Å². The molecule has 0 atom stereocenters. The van der Waals surface area contributed by atoms with Gasteiger partial charge in [0, 0.05) is 8.47 Å². The molecular weight excluding hydrogens is 313 g/mol. The molecule has 3 nitrogen and oxygen atoms in total. The predicted octanol–water partition coefficient (Wildman–Crippen LogP) is 2.24. The maximum atomic E-state index is 11.2. The van der Waals surface area contributed by atoms with Crippen molar-refractivity contribution in [3.63, 3.8) is 0 Å². The highest BCUT2D eigenvalue weighted by Gasteiger charge is 2.14. The Kier molecular flexibility index (Phi) is 3.77. The zero-order chi connectivity index (χ0) is 10.7. The zero-order valence-electron chi connectivity index (χ0n) is 7.24. The fourth-order valence-corrected chi connectivity index (χ4v) is 2.07. The summed E-state index contributed by atoms with van der Waals surface area (Å²) in [6.07, 6.45) is 0. The van der Waals surface area contributed by atoms with Crippen LogP contribution < -0.4 is 0 Å². The van der Waals surface area contributed by atoms with Crippen LogP contribution in [0.1, 0.15) is 15.9 Å². The topological polar surface area (TPSA) is 50.1 Å². The summed E-state index contributed by atoms with van der Waals surface area (Å²) in [6.45, 7) is 0. The van der Waals surface area contributed by atoms with Gasteiger partial charge in [0.25, 0.3) is 0 Å². The number of hydrogen-bond donors (Lipinski definition) is 1. The van der Waals surface area contributed by atoms with E-state index in [1.54, 1.807) is 12.1 Å². The third kappa shape index (κ3) is 2.01. The third-order valence-electron chi connectivity index (χ3n) is 1.64. The molecule has 0 heterocycles. The van der Waals surface area contributed by atoms with Crippen LogP contribution in [0.25, 0.3) is 0 Å². The lowest BCUT2D eigenvalue weighted by Gasteiger charge is -2.05. The van der Waals surface area contributed by atoms with Crippen molar-refractivity contribution in [3.05, 3.63) is 26.8 Å². The van der Waals surface area contributed by atoms with E-state index in [1.165, 1.54) is 7.11 Å². The number of carbonyl (C=O) groups is 1. The summed E-state index contributed by atoms with van der Waals surface area (Å²) >= 11 is 6.14. The van der Waals surface area contributed by atoms with Crippen molar-refractivity contribution in [3.8, 4) is 6.07 Å². The molecule has 0 aromatic heterocycles. The molecule has 1 rings (SSSR count). The van der Waals surface area contributed by atoms with Crippen LogP contribution >= 0.6 is 35.2 Å². The minimum Gasteiger partial charge on any atom is -0.465 e. The number of ether oxygens (including phenoxy) is 1. The van der Waals surface area contributed by atoms with Gasteiger partial charge in [0.15, 0.2) is 0 Å². The van der Waals surface area contributed by atoms with Crippen LogP contribution in [0.3, 0.4) is 0 Å². The van der Waals surface area contributed by atoms with Crippen LogP contribution in [0.15, 0.2) is 17.0 Å². The second kappa shape index (κ2) is 4.66. The number of nitrogens with zero attached hydrogens (tertiary/aromatic N) is 1. The Morgan fingerprint density at radius 2 is 2.29 bits per heavy atom. The van der Waals surface area contributed by atoms with E-state index in [0.29, 0.717) is 16.0 Å². The number of methoxy groups -OCH3 is 1. The molecule has 0 aliphatic heterocycles. The zero-order valence-corrected chi connectivity index (χ0v) is 10.3. The van der Waals surface area contributed by atoms with E-state index in [1.807, 2.05) is 28.7 Å². The second-order valence-corrected chi connectivity index (χ2v) is 4.03. The molecule has 0 amide bonds. The average molecular weight is 319 g/mol. The first-order valence-electron chi connectivity index (χ1n) is 3.61. The highest BCUT2D eigenvalue weighted by Crippen LogP contribution is 2.24. The molecule has 5 heteroatoms. The van der Waals surface area contributed by atoms with E-state index in [-0.39, 0.29) is 0 Å². The fourth-order valence-electron chi connectivity index (χ4n) is 0.948. The summed E-state index contributed by atoms with van der Waals surface area (Å²) in [4.78, 5) is 11.6. The predicted molar refractivity (Wildman–Crippen MR) is 62.5 cm³/mol. The first kappa shape index (κ1) is 11.3.